The summed E-state index contributed by atoms with van der Waals surface area (Å²) in [6.07, 6.45) is 6.44. The zero-order valence-corrected chi connectivity index (χ0v) is 9.79. The fourth-order valence-electron chi connectivity index (χ4n) is 4.05. The van der Waals surface area contributed by atoms with Crippen molar-refractivity contribution in [3.63, 3.8) is 0 Å². The van der Waals surface area contributed by atoms with Crippen LogP contribution in [0.4, 0.5) is 0 Å². The van der Waals surface area contributed by atoms with Gasteiger partial charge in [-0.1, -0.05) is 13.8 Å². The third-order valence-corrected chi connectivity index (χ3v) is 4.89. The molecule has 3 aliphatic carbocycles. The highest BCUT2D eigenvalue weighted by Crippen LogP contribution is 2.53. The lowest BCUT2D eigenvalue weighted by Crippen LogP contribution is -2.38. The van der Waals surface area contributed by atoms with E-state index in [2.05, 4.69) is 13.8 Å². The van der Waals surface area contributed by atoms with Crippen LogP contribution in [0.3, 0.4) is 0 Å². The molecule has 1 nitrogen and oxygen atoms in total. The number of aliphatic hydroxyl groups is 1. The molecule has 0 aromatic rings. The molecule has 3 rings (SSSR count). The summed E-state index contributed by atoms with van der Waals surface area (Å²) in [4.78, 5) is 0. The van der Waals surface area contributed by atoms with Crippen molar-refractivity contribution < 1.29 is 5.11 Å². The first-order chi connectivity index (χ1) is 6.53. The first-order valence-electron chi connectivity index (χ1n) is 6.21. The Bertz CT molecular complexity index is 207. The van der Waals surface area contributed by atoms with Crippen LogP contribution >= 0.6 is 0 Å². The minimum atomic E-state index is -0.105. The van der Waals surface area contributed by atoms with Crippen molar-refractivity contribution in [2.24, 2.45) is 23.2 Å². The maximum absolute atomic E-state index is 10.0. The zero-order valence-electron chi connectivity index (χ0n) is 9.79. The lowest BCUT2D eigenvalue weighted by Gasteiger charge is -2.42. The van der Waals surface area contributed by atoms with Gasteiger partial charge in [0.2, 0.25) is 0 Å². The lowest BCUT2D eigenvalue weighted by molar-refractivity contribution is -0.0163. The molecule has 1 N–H and O–H groups in total. The van der Waals surface area contributed by atoms with E-state index in [4.69, 9.17) is 0 Å². The van der Waals surface area contributed by atoms with Crippen LogP contribution in [-0.4, -0.2) is 11.2 Å². The molecule has 0 aliphatic heterocycles. The molecule has 0 saturated heterocycles. The summed E-state index contributed by atoms with van der Waals surface area (Å²) in [6.45, 7) is 6.76. The van der Waals surface area contributed by atoms with Gasteiger partial charge in [-0.2, -0.15) is 0 Å². The second-order valence-corrected chi connectivity index (χ2v) is 6.06. The van der Waals surface area contributed by atoms with Crippen molar-refractivity contribution in [1.29, 1.82) is 0 Å². The van der Waals surface area contributed by atoms with Crippen molar-refractivity contribution in [3.05, 3.63) is 0 Å². The molecule has 3 aliphatic rings. The standard InChI is InChI=1S/C13H24O/c1-9-6-12-4-5-13(7-9,11(3)14)8-10(12)2/h9-12,14H,4-8H2,1-3H3. The van der Waals surface area contributed by atoms with Gasteiger partial charge in [-0.3, -0.25) is 0 Å². The summed E-state index contributed by atoms with van der Waals surface area (Å²) in [5.74, 6) is 2.60. The highest BCUT2D eigenvalue weighted by Gasteiger charge is 2.46. The first-order valence-corrected chi connectivity index (χ1v) is 6.21. The van der Waals surface area contributed by atoms with E-state index in [9.17, 15) is 5.11 Å². The molecule has 3 fully saturated rings. The highest BCUT2D eigenvalue weighted by atomic mass is 16.3. The van der Waals surface area contributed by atoms with Crippen LogP contribution in [0, 0.1) is 23.2 Å². The van der Waals surface area contributed by atoms with Crippen molar-refractivity contribution >= 4 is 0 Å². The Morgan fingerprint density at radius 2 is 2.00 bits per heavy atom. The second kappa shape index (κ2) is 3.52. The maximum Gasteiger partial charge on any atom is 0.0568 e. The molecule has 0 aromatic heterocycles. The van der Waals surface area contributed by atoms with Crippen LogP contribution in [0.5, 0.6) is 0 Å². The second-order valence-electron chi connectivity index (χ2n) is 6.06. The van der Waals surface area contributed by atoms with Gasteiger partial charge in [-0.15, -0.1) is 0 Å². The van der Waals surface area contributed by atoms with Gasteiger partial charge < -0.3 is 5.11 Å². The van der Waals surface area contributed by atoms with Crippen LogP contribution in [0.2, 0.25) is 0 Å². The van der Waals surface area contributed by atoms with Gasteiger partial charge in [-0.25, -0.2) is 0 Å². The van der Waals surface area contributed by atoms with E-state index in [1.54, 1.807) is 0 Å². The molecule has 5 atom stereocenters. The summed E-state index contributed by atoms with van der Waals surface area (Å²) in [6, 6.07) is 0. The summed E-state index contributed by atoms with van der Waals surface area (Å²) < 4.78 is 0. The monoisotopic (exact) mass is 196 g/mol. The molecular weight excluding hydrogens is 172 g/mol. The Balaban J connectivity index is 2.24. The third kappa shape index (κ3) is 1.60. The predicted octanol–water partition coefficient (Wildman–Crippen LogP) is 3.22. The number of aliphatic hydroxyl groups excluding tert-OH is 1. The Labute approximate surface area is 87.9 Å². The van der Waals surface area contributed by atoms with Crippen LogP contribution in [0.1, 0.15) is 52.9 Å². The van der Waals surface area contributed by atoms with Gasteiger partial charge in [-0.05, 0) is 62.2 Å². The smallest absolute Gasteiger partial charge is 0.0568 e. The van der Waals surface area contributed by atoms with Crippen LogP contribution in [0.15, 0.2) is 0 Å². The minimum absolute atomic E-state index is 0.105. The molecule has 0 radical (unpaired) electrons. The topological polar surface area (TPSA) is 20.2 Å². The highest BCUT2D eigenvalue weighted by molar-refractivity contribution is 4.96. The van der Waals surface area contributed by atoms with E-state index in [-0.39, 0.29) is 11.5 Å². The number of rotatable bonds is 1. The molecule has 1 heteroatoms. The van der Waals surface area contributed by atoms with E-state index in [1.807, 2.05) is 6.92 Å². The third-order valence-electron chi connectivity index (χ3n) is 4.89. The number of hydrogen-bond donors (Lipinski definition) is 1. The van der Waals surface area contributed by atoms with Crippen molar-refractivity contribution in [2.45, 2.75) is 59.0 Å². The van der Waals surface area contributed by atoms with E-state index in [0.29, 0.717) is 0 Å². The summed E-state index contributed by atoms with van der Waals surface area (Å²) >= 11 is 0. The average Bonchev–Trinajstić information content (AvgIpc) is 2.31. The van der Waals surface area contributed by atoms with Gasteiger partial charge in [0.1, 0.15) is 0 Å². The van der Waals surface area contributed by atoms with Gasteiger partial charge in [0.15, 0.2) is 0 Å². The van der Waals surface area contributed by atoms with Gasteiger partial charge in [0, 0.05) is 0 Å². The molecular formula is C13H24O. The quantitative estimate of drug-likeness (QED) is 0.682. The van der Waals surface area contributed by atoms with Crippen molar-refractivity contribution in [1.82, 2.24) is 0 Å². The summed E-state index contributed by atoms with van der Waals surface area (Å²) in [5, 5.41) is 10.0. The lowest BCUT2D eigenvalue weighted by atomic mass is 9.64. The van der Waals surface area contributed by atoms with E-state index in [0.717, 1.165) is 17.8 Å². The summed E-state index contributed by atoms with van der Waals surface area (Å²) in [5.41, 5.74) is 0.270. The Morgan fingerprint density at radius 1 is 1.29 bits per heavy atom. The SMILES string of the molecule is CC1CC2CCC(C(C)O)(C1)CC2C. The normalized spacial score (nSPS) is 50.1. The fourth-order valence-corrected chi connectivity index (χ4v) is 4.05. The van der Waals surface area contributed by atoms with E-state index in [1.165, 1.54) is 32.1 Å². The average molecular weight is 196 g/mol. The molecule has 82 valence electrons. The number of fused-ring (bicyclic) bond motifs is 4. The van der Waals surface area contributed by atoms with Gasteiger partial charge in [0.25, 0.3) is 0 Å². The van der Waals surface area contributed by atoms with Crippen LogP contribution in [-0.2, 0) is 0 Å². The van der Waals surface area contributed by atoms with Crippen molar-refractivity contribution in [2.75, 3.05) is 0 Å². The molecule has 14 heavy (non-hydrogen) atoms. The molecule has 2 bridgehead atoms. The molecule has 0 aromatic carbocycles. The minimum Gasteiger partial charge on any atom is -0.393 e. The molecule has 0 heterocycles. The molecule has 5 unspecified atom stereocenters. The zero-order chi connectivity index (χ0) is 10.3. The van der Waals surface area contributed by atoms with Gasteiger partial charge in [0.05, 0.1) is 6.10 Å². The largest absolute Gasteiger partial charge is 0.393 e. The molecule has 0 spiro atoms. The van der Waals surface area contributed by atoms with Crippen LogP contribution < -0.4 is 0 Å². The van der Waals surface area contributed by atoms with Crippen molar-refractivity contribution in [3.8, 4) is 0 Å². The first kappa shape index (κ1) is 10.5. The summed E-state index contributed by atoms with van der Waals surface area (Å²) in [7, 11) is 0. The molecule has 3 saturated carbocycles. The van der Waals surface area contributed by atoms with Gasteiger partial charge >= 0.3 is 0 Å². The van der Waals surface area contributed by atoms with Crippen LogP contribution in [0.25, 0.3) is 0 Å². The Hall–Kier alpha value is -0.0400. The number of hydrogen-bond acceptors (Lipinski definition) is 1. The molecule has 0 amide bonds. The van der Waals surface area contributed by atoms with E-state index >= 15 is 0 Å². The Morgan fingerprint density at radius 3 is 2.57 bits per heavy atom. The maximum atomic E-state index is 10.0. The van der Waals surface area contributed by atoms with E-state index < -0.39 is 0 Å². The fraction of sp³-hybridized carbons (Fsp3) is 1.00. The predicted molar refractivity (Wildman–Crippen MR) is 59.0 cm³/mol. The Kier molecular flexibility index (Phi) is 2.63.